The van der Waals surface area contributed by atoms with Crippen molar-refractivity contribution in [2.24, 2.45) is 0 Å². The molecule has 1 aliphatic heterocycles. The van der Waals surface area contributed by atoms with Gasteiger partial charge in [0.1, 0.15) is 12.0 Å². The maximum atomic E-state index is 12.1. The molecule has 0 spiro atoms. The zero-order valence-corrected chi connectivity index (χ0v) is 8.58. The van der Waals surface area contributed by atoms with E-state index in [-0.39, 0.29) is 5.56 Å². The van der Waals surface area contributed by atoms with Crippen LogP contribution in [0.4, 0.5) is 11.4 Å². The van der Waals surface area contributed by atoms with Crippen LogP contribution in [0.3, 0.4) is 0 Å². The number of nitrogens with two attached hydrogens (primary N) is 1. The molecule has 1 aliphatic rings. The number of imide groups is 1. The van der Waals surface area contributed by atoms with Gasteiger partial charge in [0.25, 0.3) is 11.8 Å². The molecule has 0 atom stereocenters. The number of nitrogens with zero attached hydrogens (tertiary/aromatic N) is 2. The third-order valence-electron chi connectivity index (χ3n) is 2.62. The van der Waals surface area contributed by atoms with Crippen molar-refractivity contribution in [3.05, 3.63) is 41.8 Å². The summed E-state index contributed by atoms with van der Waals surface area (Å²) in [5.41, 5.74) is 6.83. The van der Waals surface area contributed by atoms with Crippen LogP contribution in [0.25, 0.3) is 0 Å². The lowest BCUT2D eigenvalue weighted by Crippen LogP contribution is -2.29. The van der Waals surface area contributed by atoms with Crippen molar-refractivity contribution in [2.75, 3.05) is 10.6 Å². The van der Waals surface area contributed by atoms with Crippen LogP contribution in [-0.4, -0.2) is 17.0 Å². The molecule has 17 heavy (non-hydrogen) atoms. The lowest BCUT2D eigenvalue weighted by atomic mass is 10.1. The first-order valence-electron chi connectivity index (χ1n) is 4.87. The molecule has 0 bridgehead atoms. The largest absolute Gasteiger partial charge is 0.398 e. The number of benzene rings is 1. The van der Waals surface area contributed by atoms with Crippen LogP contribution in [0.5, 0.6) is 0 Å². The van der Waals surface area contributed by atoms with E-state index in [4.69, 9.17) is 5.73 Å². The van der Waals surface area contributed by atoms with Gasteiger partial charge >= 0.3 is 0 Å². The number of carbonyl (C=O) groups is 2. The highest BCUT2D eigenvalue weighted by molar-refractivity contribution is 6.35. The van der Waals surface area contributed by atoms with Gasteiger partial charge in [-0.05, 0) is 12.1 Å². The molecule has 0 unspecified atom stereocenters. The van der Waals surface area contributed by atoms with Gasteiger partial charge in [-0.3, -0.25) is 9.59 Å². The highest BCUT2D eigenvalue weighted by Crippen LogP contribution is 2.31. The number of anilines is 2. The van der Waals surface area contributed by atoms with Gasteiger partial charge in [-0.25, -0.2) is 4.90 Å². The lowest BCUT2D eigenvalue weighted by Gasteiger charge is -2.09. The summed E-state index contributed by atoms with van der Waals surface area (Å²) >= 11 is 0. The first-order chi connectivity index (χ1) is 8.20. The second-order valence-electron chi connectivity index (χ2n) is 3.60. The third kappa shape index (κ3) is 1.17. The van der Waals surface area contributed by atoms with Gasteiger partial charge in [0, 0.05) is 5.69 Å². The summed E-state index contributed by atoms with van der Waals surface area (Å²) in [6.45, 7) is 0. The minimum absolute atomic E-state index is 0.235. The van der Waals surface area contributed by atoms with Gasteiger partial charge in [-0.1, -0.05) is 11.2 Å². The monoisotopic (exact) mass is 229 g/mol. The molecule has 0 aliphatic carbocycles. The van der Waals surface area contributed by atoms with Gasteiger partial charge in [0.05, 0.1) is 17.3 Å². The maximum Gasteiger partial charge on any atom is 0.268 e. The van der Waals surface area contributed by atoms with E-state index in [0.29, 0.717) is 16.9 Å². The fraction of sp³-hybridized carbons (Fsp3) is 0. The molecule has 1 aromatic heterocycles. The van der Waals surface area contributed by atoms with Gasteiger partial charge in [0.2, 0.25) is 0 Å². The summed E-state index contributed by atoms with van der Waals surface area (Å²) < 4.78 is 4.63. The average molecular weight is 229 g/mol. The van der Waals surface area contributed by atoms with Crippen molar-refractivity contribution in [1.82, 2.24) is 5.16 Å². The first-order valence-corrected chi connectivity index (χ1v) is 4.87. The number of amides is 2. The molecule has 0 fully saturated rings. The number of hydrogen-bond donors (Lipinski definition) is 1. The molecule has 2 amide bonds. The molecule has 6 heteroatoms. The molecule has 2 aromatic rings. The zero-order chi connectivity index (χ0) is 12.0. The Hall–Kier alpha value is -2.63. The third-order valence-corrected chi connectivity index (χ3v) is 2.62. The van der Waals surface area contributed by atoms with E-state index in [2.05, 4.69) is 9.68 Å². The molecule has 2 heterocycles. The molecule has 84 valence electrons. The molecular formula is C11H7N3O3. The van der Waals surface area contributed by atoms with E-state index in [0.717, 1.165) is 4.90 Å². The van der Waals surface area contributed by atoms with Crippen molar-refractivity contribution in [3.63, 3.8) is 0 Å². The normalized spacial score (nSPS) is 14.2. The predicted molar refractivity (Wildman–Crippen MR) is 58.5 cm³/mol. The molecule has 0 radical (unpaired) electrons. The Morgan fingerprint density at radius 2 is 2.06 bits per heavy atom. The van der Waals surface area contributed by atoms with Crippen LogP contribution in [0, 0.1) is 0 Å². The highest BCUT2D eigenvalue weighted by Gasteiger charge is 2.38. The van der Waals surface area contributed by atoms with Gasteiger partial charge in [-0.15, -0.1) is 0 Å². The Balaban J connectivity index is 2.19. The quantitative estimate of drug-likeness (QED) is 0.583. The molecule has 0 saturated heterocycles. The summed E-state index contributed by atoms with van der Waals surface area (Å²) in [7, 11) is 0. The zero-order valence-electron chi connectivity index (χ0n) is 8.58. The Morgan fingerprint density at radius 1 is 1.24 bits per heavy atom. The fourth-order valence-electron chi connectivity index (χ4n) is 1.86. The second-order valence-corrected chi connectivity index (χ2v) is 3.60. The predicted octanol–water partition coefficient (Wildman–Crippen LogP) is 1.06. The minimum atomic E-state index is -0.452. The van der Waals surface area contributed by atoms with E-state index in [1.54, 1.807) is 18.2 Å². The summed E-state index contributed by atoms with van der Waals surface area (Å²) in [5.74, 6) is -0.869. The number of fused-ring (bicyclic) bond motifs is 1. The van der Waals surface area contributed by atoms with E-state index in [9.17, 15) is 9.59 Å². The first kappa shape index (κ1) is 9.59. The molecule has 0 saturated carbocycles. The summed E-state index contributed by atoms with van der Waals surface area (Å²) in [6, 6.07) is 4.79. The van der Waals surface area contributed by atoms with E-state index in [1.165, 1.54) is 12.5 Å². The topological polar surface area (TPSA) is 89.4 Å². The fourth-order valence-corrected chi connectivity index (χ4v) is 1.86. The van der Waals surface area contributed by atoms with E-state index < -0.39 is 11.8 Å². The smallest absolute Gasteiger partial charge is 0.268 e. The SMILES string of the molecule is Nc1cccc2c1C(=O)N(c1cnoc1)C2=O. The van der Waals surface area contributed by atoms with Gasteiger partial charge < -0.3 is 10.3 Å². The number of carbonyl (C=O) groups excluding carboxylic acids is 2. The maximum absolute atomic E-state index is 12.1. The number of aromatic nitrogens is 1. The number of hydrogen-bond acceptors (Lipinski definition) is 5. The minimum Gasteiger partial charge on any atom is -0.398 e. The number of rotatable bonds is 1. The molecule has 1 aromatic carbocycles. The molecule has 3 rings (SSSR count). The standard InChI is InChI=1S/C11H7N3O3/c12-8-3-1-2-7-9(8)11(16)14(10(7)15)6-4-13-17-5-6/h1-5H,12H2. The van der Waals surface area contributed by atoms with Crippen LogP contribution >= 0.6 is 0 Å². The Morgan fingerprint density at radius 3 is 2.71 bits per heavy atom. The number of nitrogen functional groups attached to an aromatic ring is 1. The summed E-state index contributed by atoms with van der Waals surface area (Å²) in [5, 5.41) is 3.47. The molecule has 2 N–H and O–H groups in total. The highest BCUT2D eigenvalue weighted by atomic mass is 16.5. The van der Waals surface area contributed by atoms with E-state index in [1.807, 2.05) is 0 Å². The van der Waals surface area contributed by atoms with E-state index >= 15 is 0 Å². The van der Waals surface area contributed by atoms with Crippen molar-refractivity contribution in [1.29, 1.82) is 0 Å². The van der Waals surface area contributed by atoms with Gasteiger partial charge in [-0.2, -0.15) is 0 Å². The van der Waals surface area contributed by atoms with Crippen molar-refractivity contribution in [3.8, 4) is 0 Å². The second kappa shape index (κ2) is 3.18. The summed E-state index contributed by atoms with van der Waals surface area (Å²) in [6.07, 6.45) is 2.54. The average Bonchev–Trinajstić information content (AvgIpc) is 2.88. The van der Waals surface area contributed by atoms with Crippen LogP contribution in [0.15, 0.2) is 35.2 Å². The van der Waals surface area contributed by atoms with Crippen LogP contribution < -0.4 is 10.6 Å². The van der Waals surface area contributed by atoms with Crippen LogP contribution in [0.2, 0.25) is 0 Å². The Kier molecular flexibility index (Phi) is 1.79. The van der Waals surface area contributed by atoms with Crippen molar-refractivity contribution in [2.45, 2.75) is 0 Å². The summed E-state index contributed by atoms with van der Waals surface area (Å²) in [4.78, 5) is 25.1. The Bertz CT molecular complexity index is 619. The van der Waals surface area contributed by atoms with Crippen molar-refractivity contribution < 1.29 is 14.1 Å². The lowest BCUT2D eigenvalue weighted by molar-refractivity contribution is 0.0926. The van der Waals surface area contributed by atoms with Gasteiger partial charge in [0.15, 0.2) is 0 Å². The molecular weight excluding hydrogens is 222 g/mol. The Labute approximate surface area is 95.6 Å². The van der Waals surface area contributed by atoms with Crippen LogP contribution in [-0.2, 0) is 0 Å². The van der Waals surface area contributed by atoms with Crippen LogP contribution in [0.1, 0.15) is 20.7 Å². The molecule has 6 nitrogen and oxygen atoms in total. The van der Waals surface area contributed by atoms with Crippen molar-refractivity contribution >= 4 is 23.2 Å².